The summed E-state index contributed by atoms with van der Waals surface area (Å²) in [5.41, 5.74) is 4.30. The first-order valence-corrected chi connectivity index (χ1v) is 19.6. The molecule has 274 valence electrons. The van der Waals surface area contributed by atoms with Gasteiger partial charge in [-0.2, -0.15) is 9.36 Å². The smallest absolute Gasteiger partial charge is 0.368 e. The highest BCUT2D eigenvalue weighted by Gasteiger charge is 2.24. The van der Waals surface area contributed by atoms with Crippen LogP contribution >= 0.6 is 0 Å². The van der Waals surface area contributed by atoms with Gasteiger partial charge in [0.1, 0.15) is 17.7 Å². The van der Waals surface area contributed by atoms with Crippen molar-refractivity contribution in [1.82, 2.24) is 34.7 Å². The molecule has 7 rings (SSSR count). The molecule has 1 saturated carbocycles. The molecule has 2 aliphatic rings. The maximum Gasteiger partial charge on any atom is 0.368 e. The van der Waals surface area contributed by atoms with Gasteiger partial charge in [0.25, 0.3) is 10.0 Å². The highest BCUT2D eigenvalue weighted by molar-refractivity contribution is 7.92. The van der Waals surface area contributed by atoms with Crippen molar-refractivity contribution >= 4 is 15.7 Å². The maximum absolute atomic E-state index is 13.3. The van der Waals surface area contributed by atoms with Gasteiger partial charge in [-0.15, -0.1) is 0 Å². The number of aryl methyl sites for hydroxylation is 4. The van der Waals surface area contributed by atoms with E-state index in [1.54, 1.807) is 42.6 Å². The first-order chi connectivity index (χ1) is 25.1. The molecule has 0 bridgehead atoms. The summed E-state index contributed by atoms with van der Waals surface area (Å²) >= 11 is 0. The average molecular weight is 727 g/mol. The molecule has 14 heteroatoms. The van der Waals surface area contributed by atoms with Crippen molar-refractivity contribution in [2.75, 3.05) is 17.8 Å². The highest BCUT2D eigenvalue weighted by Crippen LogP contribution is 2.31. The van der Waals surface area contributed by atoms with Crippen molar-refractivity contribution < 1.29 is 18.3 Å². The number of hydrogen-bond acceptors (Lipinski definition) is 9. The van der Waals surface area contributed by atoms with Crippen LogP contribution in [0.3, 0.4) is 0 Å². The number of hydrogen-bond donors (Lipinski definition) is 3. The Hall–Kier alpha value is -4.79. The second kappa shape index (κ2) is 15.4. The van der Waals surface area contributed by atoms with Gasteiger partial charge in [-0.05, 0) is 122 Å². The van der Waals surface area contributed by atoms with Crippen molar-refractivity contribution in [1.29, 1.82) is 0 Å². The molecule has 13 nitrogen and oxygen atoms in total. The van der Waals surface area contributed by atoms with Gasteiger partial charge in [0.05, 0.1) is 16.7 Å². The summed E-state index contributed by atoms with van der Waals surface area (Å²) < 4.78 is 40.1. The summed E-state index contributed by atoms with van der Waals surface area (Å²) in [4.78, 5) is 17.6. The third-order valence-electron chi connectivity index (χ3n) is 10.2. The largest absolute Gasteiger partial charge is 0.489 e. The Morgan fingerprint density at radius 3 is 2.46 bits per heavy atom. The van der Waals surface area contributed by atoms with E-state index in [2.05, 4.69) is 42.1 Å². The molecular formula is C38H46N8O5S. The van der Waals surface area contributed by atoms with Crippen LogP contribution in [0.4, 0.5) is 5.69 Å². The summed E-state index contributed by atoms with van der Waals surface area (Å²) in [6, 6.07) is 19.3. The molecule has 0 saturated heterocycles. The van der Waals surface area contributed by atoms with Gasteiger partial charge in [0.2, 0.25) is 0 Å². The number of pyridine rings is 1. The molecule has 0 amide bonds. The standard InChI is InChI=1S/C38H46N8O5S/c1-26-9-10-27(2)45(26)37-20-12-30(23-40-37)35(47)25-39-24-33-17-11-29-22-34(18-19-36(29)51-33)52(49,50)41-31-13-15-32(16-14-31)46-38(48)44(42-43-46)21-5-8-28-6-3-4-7-28/h9-10,12-16,18-20,22-23,28,33,35,39,41,47H,3-8,11,17,21,24-25H2,1-2H3/t33?,35-/m0/s1. The number of benzene rings is 2. The molecule has 1 unspecified atom stereocenters. The van der Waals surface area contributed by atoms with Gasteiger partial charge < -0.3 is 19.7 Å². The molecule has 4 heterocycles. The fourth-order valence-corrected chi connectivity index (χ4v) is 8.39. The van der Waals surface area contributed by atoms with Crippen LogP contribution in [0.15, 0.2) is 82.6 Å². The zero-order chi connectivity index (χ0) is 36.2. The number of rotatable bonds is 14. The number of aliphatic hydroxyl groups is 1. The third kappa shape index (κ3) is 7.98. The summed E-state index contributed by atoms with van der Waals surface area (Å²) in [5, 5.41) is 22.1. The van der Waals surface area contributed by atoms with Gasteiger partial charge in [-0.1, -0.05) is 31.7 Å². The van der Waals surface area contributed by atoms with Crippen molar-refractivity contribution in [3.8, 4) is 17.3 Å². The Balaban J connectivity index is 0.895. The summed E-state index contributed by atoms with van der Waals surface area (Å²) in [6.45, 7) is 5.48. The molecule has 0 radical (unpaired) electrons. The Labute approximate surface area is 303 Å². The van der Waals surface area contributed by atoms with Gasteiger partial charge in [-0.25, -0.2) is 18.2 Å². The molecule has 3 aromatic heterocycles. The Kier molecular flexibility index (Phi) is 10.6. The van der Waals surface area contributed by atoms with E-state index in [9.17, 15) is 18.3 Å². The van der Waals surface area contributed by atoms with Crippen molar-refractivity contribution in [2.45, 2.75) is 88.9 Å². The topological polar surface area (TPSA) is 158 Å². The lowest BCUT2D eigenvalue weighted by Gasteiger charge is -2.27. The number of nitrogens with zero attached hydrogens (tertiary/aromatic N) is 6. The normalized spacial score (nSPS) is 16.8. The van der Waals surface area contributed by atoms with Gasteiger partial charge in [0, 0.05) is 48.5 Å². The monoisotopic (exact) mass is 726 g/mol. The first kappa shape index (κ1) is 35.6. The van der Waals surface area contributed by atoms with E-state index in [4.69, 9.17) is 4.74 Å². The second-order valence-corrected chi connectivity index (χ2v) is 15.6. The lowest BCUT2D eigenvalue weighted by atomic mass is 10.0. The SMILES string of the molecule is Cc1ccc(C)n1-c1ccc([C@@H](O)CNCC2CCc3cc(S(=O)(=O)Nc4ccc(-n5nnn(CCCC6CCCC6)c5=O)cc4)ccc3O2)cn1. The van der Waals surface area contributed by atoms with Crippen LogP contribution in [0.1, 0.15) is 73.6 Å². The molecule has 0 spiro atoms. The number of aliphatic hydroxyl groups excluding tert-OH is 1. The minimum Gasteiger partial charge on any atom is -0.489 e. The number of sulfonamides is 1. The second-order valence-electron chi connectivity index (χ2n) is 14.0. The Morgan fingerprint density at radius 2 is 1.73 bits per heavy atom. The Morgan fingerprint density at radius 1 is 0.962 bits per heavy atom. The molecular weight excluding hydrogens is 681 g/mol. The van der Waals surface area contributed by atoms with E-state index >= 15 is 0 Å². The van der Waals surface area contributed by atoms with Crippen LogP contribution in [0.25, 0.3) is 11.5 Å². The molecule has 2 atom stereocenters. The van der Waals surface area contributed by atoms with Gasteiger partial charge in [-0.3, -0.25) is 4.72 Å². The molecule has 5 aromatic rings. The summed E-state index contributed by atoms with van der Waals surface area (Å²) in [5.74, 6) is 2.21. The number of ether oxygens (including phenoxy) is 1. The van der Waals surface area contributed by atoms with Crippen molar-refractivity contribution in [2.24, 2.45) is 5.92 Å². The lowest BCUT2D eigenvalue weighted by molar-refractivity contribution is 0.146. The minimum atomic E-state index is -3.88. The number of fused-ring (bicyclic) bond motifs is 1. The van der Waals surface area contributed by atoms with E-state index in [1.165, 1.54) is 41.1 Å². The van der Waals surface area contributed by atoms with Crippen LogP contribution in [0.2, 0.25) is 0 Å². The van der Waals surface area contributed by atoms with E-state index < -0.39 is 16.1 Å². The van der Waals surface area contributed by atoms with Crippen LogP contribution in [0, 0.1) is 19.8 Å². The van der Waals surface area contributed by atoms with Crippen LogP contribution in [-0.2, 0) is 23.0 Å². The molecule has 3 N–H and O–H groups in total. The number of anilines is 1. The molecule has 1 aliphatic carbocycles. The van der Waals surface area contributed by atoms with E-state index in [1.807, 2.05) is 26.0 Å². The molecule has 1 fully saturated rings. The zero-order valence-corrected chi connectivity index (χ0v) is 30.4. The van der Waals surface area contributed by atoms with E-state index in [-0.39, 0.29) is 16.7 Å². The third-order valence-corrected chi connectivity index (χ3v) is 11.6. The molecule has 2 aromatic carbocycles. The lowest BCUT2D eigenvalue weighted by Crippen LogP contribution is -2.36. The highest BCUT2D eigenvalue weighted by atomic mass is 32.2. The predicted molar refractivity (Wildman–Crippen MR) is 198 cm³/mol. The van der Waals surface area contributed by atoms with Crippen LogP contribution in [0.5, 0.6) is 5.75 Å². The van der Waals surface area contributed by atoms with Gasteiger partial charge >= 0.3 is 5.69 Å². The first-order valence-electron chi connectivity index (χ1n) is 18.1. The maximum atomic E-state index is 13.3. The average Bonchev–Trinajstić information content (AvgIpc) is 3.89. The van der Waals surface area contributed by atoms with E-state index in [0.29, 0.717) is 49.6 Å². The fourth-order valence-electron chi connectivity index (χ4n) is 7.28. The Bertz CT molecular complexity index is 2130. The number of aromatic nitrogens is 6. The predicted octanol–water partition coefficient (Wildman–Crippen LogP) is 5.02. The van der Waals surface area contributed by atoms with Crippen LogP contribution < -0.4 is 20.5 Å². The quantitative estimate of drug-likeness (QED) is 0.143. The number of tetrazole rings is 1. The zero-order valence-electron chi connectivity index (χ0n) is 29.6. The van der Waals surface area contributed by atoms with Crippen LogP contribution in [-0.4, -0.2) is 62.1 Å². The fraction of sp³-hybridized carbons (Fsp3) is 0.421. The van der Waals surface area contributed by atoms with E-state index in [0.717, 1.165) is 47.1 Å². The van der Waals surface area contributed by atoms with Gasteiger partial charge in [0.15, 0.2) is 0 Å². The summed E-state index contributed by atoms with van der Waals surface area (Å²) in [7, 11) is -3.88. The minimum absolute atomic E-state index is 0.120. The number of nitrogens with one attached hydrogen (secondary N) is 2. The summed E-state index contributed by atoms with van der Waals surface area (Å²) in [6.07, 6.45) is 9.36. The van der Waals surface area contributed by atoms with Crippen molar-refractivity contribution in [3.05, 3.63) is 106 Å². The van der Waals surface area contributed by atoms with Crippen molar-refractivity contribution in [3.63, 3.8) is 0 Å². The molecule has 1 aliphatic heterocycles. The molecule has 52 heavy (non-hydrogen) atoms.